The molecule has 4 heterocycles. The molecule has 0 N–H and O–H groups in total. The molecule has 0 atom stereocenters. The topological polar surface area (TPSA) is 65.7 Å². The lowest BCUT2D eigenvalue weighted by Crippen LogP contribution is -2.10. The molecule has 0 aliphatic carbocycles. The van der Waals surface area contributed by atoms with E-state index in [-0.39, 0.29) is 0 Å². The lowest BCUT2D eigenvalue weighted by molar-refractivity contribution is 0.0842. The van der Waals surface area contributed by atoms with Gasteiger partial charge in [0.05, 0.1) is 29.7 Å². The van der Waals surface area contributed by atoms with E-state index < -0.39 is 10.0 Å². The van der Waals surface area contributed by atoms with Gasteiger partial charge in [-0.1, -0.05) is 6.07 Å². The first-order valence-corrected chi connectivity index (χ1v) is 12.9. The van der Waals surface area contributed by atoms with Gasteiger partial charge in [0.2, 0.25) is 0 Å². The molecular weight excluding hydrogens is 394 g/mol. The van der Waals surface area contributed by atoms with Gasteiger partial charge in [-0.2, -0.15) is 5.10 Å². The molecule has 4 aromatic heterocycles. The fraction of sp³-hybridized carbons (Fsp3) is 0.304. The summed E-state index contributed by atoms with van der Waals surface area (Å²) in [4.78, 5) is 13.5. The first-order chi connectivity index (χ1) is 14.4. The third kappa shape index (κ3) is 4.68. The fourth-order valence-electron chi connectivity index (χ4n) is 3.10. The first-order valence-electron chi connectivity index (χ1n) is 9.84. The van der Waals surface area contributed by atoms with Crippen LogP contribution in [0.5, 0.6) is 0 Å². The predicted molar refractivity (Wildman–Crippen MR) is 125 cm³/mol. The van der Waals surface area contributed by atoms with Gasteiger partial charge in [0.1, 0.15) is 12.4 Å². The van der Waals surface area contributed by atoms with Crippen molar-refractivity contribution in [2.24, 2.45) is 0 Å². The second-order valence-electron chi connectivity index (χ2n) is 8.23. The third-order valence-corrected chi connectivity index (χ3v) is 6.19. The van der Waals surface area contributed by atoms with Gasteiger partial charge >= 0.3 is 0 Å². The summed E-state index contributed by atoms with van der Waals surface area (Å²) in [6.45, 7) is 3.15. The molecule has 4 rings (SSSR count). The van der Waals surface area contributed by atoms with Crippen LogP contribution in [0.4, 0.5) is 0 Å². The predicted octanol–water partition coefficient (Wildman–Crippen LogP) is 4.53. The molecule has 0 unspecified atom stereocenters. The summed E-state index contributed by atoms with van der Waals surface area (Å²) >= 11 is 0. The molecule has 156 valence electrons. The molecule has 0 fully saturated rings. The second kappa shape index (κ2) is 8.53. The van der Waals surface area contributed by atoms with Crippen LogP contribution in [0.2, 0.25) is 0 Å². The number of aromatic nitrogens is 5. The molecular formula is C23H27N5OS. The van der Waals surface area contributed by atoms with E-state index in [1.807, 2.05) is 48.4 Å². The summed E-state index contributed by atoms with van der Waals surface area (Å²) in [6, 6.07) is 10.0. The van der Waals surface area contributed by atoms with Crippen molar-refractivity contribution in [2.75, 3.05) is 31.1 Å². The number of hydrogen-bond acceptors (Lipinski definition) is 5. The Morgan fingerprint density at radius 2 is 1.83 bits per heavy atom. The van der Waals surface area contributed by atoms with Gasteiger partial charge in [-0.25, -0.2) is 14.7 Å². The molecule has 0 aromatic carbocycles. The SMILES string of the molecule is Cc1ccc(-c2nn(COCCS(C)(C)C)c3cnc(-c4cccnc4)cc23)nc1. The van der Waals surface area contributed by atoms with E-state index in [0.29, 0.717) is 6.73 Å². The number of fused-ring (bicyclic) bond motifs is 1. The molecule has 0 saturated carbocycles. The Bertz CT molecular complexity index is 1130. The largest absolute Gasteiger partial charge is 0.358 e. The quantitative estimate of drug-likeness (QED) is 0.410. The Balaban J connectivity index is 1.72. The van der Waals surface area contributed by atoms with Crippen LogP contribution in [0.3, 0.4) is 0 Å². The zero-order valence-corrected chi connectivity index (χ0v) is 18.7. The van der Waals surface area contributed by atoms with E-state index in [9.17, 15) is 0 Å². The summed E-state index contributed by atoms with van der Waals surface area (Å²) in [5, 5.41) is 5.84. The molecule has 0 amide bonds. The van der Waals surface area contributed by atoms with Crippen LogP contribution in [0.25, 0.3) is 33.5 Å². The average Bonchev–Trinajstić information content (AvgIpc) is 3.10. The number of pyridine rings is 3. The van der Waals surface area contributed by atoms with Crippen LogP contribution in [0.15, 0.2) is 55.1 Å². The van der Waals surface area contributed by atoms with E-state index in [1.165, 1.54) is 0 Å². The maximum absolute atomic E-state index is 5.95. The summed E-state index contributed by atoms with van der Waals surface area (Å²) in [6.07, 6.45) is 14.2. The highest BCUT2D eigenvalue weighted by atomic mass is 32.3. The smallest absolute Gasteiger partial charge is 0.140 e. The molecule has 4 aromatic rings. The maximum Gasteiger partial charge on any atom is 0.140 e. The molecule has 6 nitrogen and oxygen atoms in total. The van der Waals surface area contributed by atoms with E-state index in [4.69, 9.17) is 9.84 Å². The van der Waals surface area contributed by atoms with Gasteiger partial charge in [-0.15, -0.1) is 0 Å². The number of nitrogens with zero attached hydrogens (tertiary/aromatic N) is 5. The second-order valence-corrected chi connectivity index (χ2v) is 12.8. The third-order valence-electron chi connectivity index (χ3n) is 4.80. The van der Waals surface area contributed by atoms with Crippen molar-refractivity contribution < 1.29 is 4.74 Å². The van der Waals surface area contributed by atoms with E-state index in [1.54, 1.807) is 6.20 Å². The minimum Gasteiger partial charge on any atom is -0.358 e. The van der Waals surface area contributed by atoms with Crippen molar-refractivity contribution in [1.82, 2.24) is 24.7 Å². The first kappa shape index (κ1) is 20.5. The van der Waals surface area contributed by atoms with Crippen LogP contribution in [-0.2, 0) is 11.5 Å². The molecule has 0 bridgehead atoms. The van der Waals surface area contributed by atoms with Crippen LogP contribution in [0.1, 0.15) is 5.56 Å². The van der Waals surface area contributed by atoms with Crippen molar-refractivity contribution in [3.05, 3.63) is 60.7 Å². The molecule has 0 spiro atoms. The number of hydrogen-bond donors (Lipinski definition) is 0. The van der Waals surface area contributed by atoms with Crippen molar-refractivity contribution in [3.63, 3.8) is 0 Å². The lowest BCUT2D eigenvalue weighted by atomic mass is 10.1. The van der Waals surface area contributed by atoms with Crippen molar-refractivity contribution in [2.45, 2.75) is 13.7 Å². The standard InChI is InChI=1S/C23H27N5OS/c1-17-7-8-20(25-13-17)23-19-12-21(18-6-5-9-24-14-18)26-15-22(19)28(27-23)16-29-10-11-30(2,3)4/h5-9,12-15H,10-11,16H2,1-4H3. The highest BCUT2D eigenvalue weighted by Gasteiger charge is 2.16. The van der Waals surface area contributed by atoms with E-state index in [0.717, 1.165) is 51.5 Å². The highest BCUT2D eigenvalue weighted by Crippen LogP contribution is 2.34. The Morgan fingerprint density at radius 3 is 2.53 bits per heavy atom. The van der Waals surface area contributed by atoms with Crippen molar-refractivity contribution >= 4 is 20.9 Å². The molecule has 0 saturated heterocycles. The van der Waals surface area contributed by atoms with Crippen molar-refractivity contribution in [3.8, 4) is 22.6 Å². The zero-order chi connectivity index (χ0) is 21.1. The van der Waals surface area contributed by atoms with Gasteiger partial charge < -0.3 is 4.74 Å². The van der Waals surface area contributed by atoms with Crippen LogP contribution < -0.4 is 0 Å². The van der Waals surface area contributed by atoms with Gasteiger partial charge in [-0.3, -0.25) is 15.0 Å². The Morgan fingerprint density at radius 1 is 1.00 bits per heavy atom. The van der Waals surface area contributed by atoms with Crippen LogP contribution >= 0.6 is 10.0 Å². The Kier molecular flexibility index (Phi) is 5.83. The molecule has 0 aliphatic heterocycles. The Labute approximate surface area is 178 Å². The number of rotatable bonds is 7. The van der Waals surface area contributed by atoms with Gasteiger partial charge in [-0.05, 0) is 55.5 Å². The van der Waals surface area contributed by atoms with E-state index in [2.05, 4.69) is 45.9 Å². The lowest BCUT2D eigenvalue weighted by Gasteiger charge is -2.24. The zero-order valence-electron chi connectivity index (χ0n) is 17.9. The minimum atomic E-state index is -0.582. The number of aryl methyl sites for hydroxylation is 1. The summed E-state index contributed by atoms with van der Waals surface area (Å²) < 4.78 is 7.83. The van der Waals surface area contributed by atoms with Crippen LogP contribution in [0, 0.1) is 6.92 Å². The van der Waals surface area contributed by atoms with Crippen LogP contribution in [-0.4, -0.2) is 55.9 Å². The molecule has 7 heteroatoms. The van der Waals surface area contributed by atoms with Crippen molar-refractivity contribution in [1.29, 1.82) is 0 Å². The molecule has 0 aliphatic rings. The summed E-state index contributed by atoms with van der Waals surface area (Å²) in [7, 11) is -0.582. The Hall–Kier alpha value is -2.77. The molecule has 0 radical (unpaired) electrons. The summed E-state index contributed by atoms with van der Waals surface area (Å²) in [5.74, 6) is 1.07. The van der Waals surface area contributed by atoms with Gasteiger partial charge in [0.15, 0.2) is 0 Å². The normalized spacial score (nSPS) is 12.4. The summed E-state index contributed by atoms with van der Waals surface area (Å²) in [5.41, 5.74) is 5.56. The highest BCUT2D eigenvalue weighted by molar-refractivity contribution is 8.32. The fourth-order valence-corrected chi connectivity index (χ4v) is 3.72. The van der Waals surface area contributed by atoms with Gasteiger partial charge in [0.25, 0.3) is 0 Å². The maximum atomic E-state index is 5.95. The van der Waals surface area contributed by atoms with E-state index >= 15 is 0 Å². The monoisotopic (exact) mass is 421 g/mol. The molecule has 30 heavy (non-hydrogen) atoms. The van der Waals surface area contributed by atoms with Gasteiger partial charge in [0, 0.05) is 35.3 Å². The minimum absolute atomic E-state index is 0.395. The average molecular weight is 422 g/mol. The number of ether oxygens (including phenoxy) is 1.